The Balaban J connectivity index is 1.79. The van der Waals surface area contributed by atoms with Crippen molar-refractivity contribution in [1.29, 1.82) is 0 Å². The van der Waals surface area contributed by atoms with Gasteiger partial charge < -0.3 is 4.74 Å². The lowest BCUT2D eigenvalue weighted by Crippen LogP contribution is -2.08. The van der Waals surface area contributed by atoms with Crippen LogP contribution in [-0.2, 0) is 4.74 Å². The monoisotopic (exact) mass is 238 g/mol. The minimum atomic E-state index is -0.312. The van der Waals surface area contributed by atoms with Crippen LogP contribution in [0.2, 0.25) is 0 Å². The molecule has 2 atom stereocenters. The number of rotatable bonds is 3. The molecule has 18 heavy (non-hydrogen) atoms. The van der Waals surface area contributed by atoms with E-state index in [1.807, 2.05) is 61.5 Å². The van der Waals surface area contributed by atoms with Crippen LogP contribution < -0.4 is 0 Å². The predicted octanol–water partition coefficient (Wildman–Crippen LogP) is 3.32. The summed E-state index contributed by atoms with van der Waals surface area (Å²) in [5, 5.41) is 0. The number of hydrogen-bond donors (Lipinski definition) is 0. The molecule has 2 aromatic carbocycles. The van der Waals surface area contributed by atoms with Crippen molar-refractivity contribution >= 4 is 5.78 Å². The minimum absolute atomic E-state index is 0.0705. The van der Waals surface area contributed by atoms with E-state index in [4.69, 9.17) is 4.74 Å². The molecule has 2 aromatic rings. The second kappa shape index (κ2) is 4.39. The molecule has 90 valence electrons. The molecule has 0 amide bonds. The van der Waals surface area contributed by atoms with Crippen molar-refractivity contribution in [3.63, 3.8) is 0 Å². The fourth-order valence-corrected chi connectivity index (χ4v) is 2.22. The zero-order valence-electron chi connectivity index (χ0n) is 10.2. The topological polar surface area (TPSA) is 29.6 Å². The van der Waals surface area contributed by atoms with E-state index in [1.54, 1.807) is 0 Å². The summed E-state index contributed by atoms with van der Waals surface area (Å²) in [7, 11) is 0. The highest BCUT2D eigenvalue weighted by Gasteiger charge is 2.46. The Labute approximate surface area is 106 Å². The van der Waals surface area contributed by atoms with E-state index in [2.05, 4.69) is 0 Å². The summed E-state index contributed by atoms with van der Waals surface area (Å²) in [6.07, 6.45) is -0.382. The van der Waals surface area contributed by atoms with Crippen LogP contribution in [0.25, 0.3) is 0 Å². The van der Waals surface area contributed by atoms with Crippen molar-refractivity contribution in [2.45, 2.75) is 19.1 Å². The summed E-state index contributed by atoms with van der Waals surface area (Å²) < 4.78 is 5.55. The average Bonchev–Trinajstić information content (AvgIpc) is 3.20. The van der Waals surface area contributed by atoms with Crippen LogP contribution in [0.15, 0.2) is 54.6 Å². The van der Waals surface area contributed by atoms with Gasteiger partial charge in [-0.1, -0.05) is 54.6 Å². The molecule has 0 spiro atoms. The predicted molar refractivity (Wildman–Crippen MR) is 69.6 cm³/mol. The molecule has 1 aliphatic heterocycles. The van der Waals surface area contributed by atoms with E-state index in [0.29, 0.717) is 0 Å². The van der Waals surface area contributed by atoms with Gasteiger partial charge in [-0.2, -0.15) is 0 Å². The first-order valence-corrected chi connectivity index (χ1v) is 6.07. The van der Waals surface area contributed by atoms with Crippen LogP contribution in [0.1, 0.15) is 27.6 Å². The quantitative estimate of drug-likeness (QED) is 0.606. The van der Waals surface area contributed by atoms with Crippen LogP contribution in [0.5, 0.6) is 0 Å². The van der Waals surface area contributed by atoms with E-state index in [1.165, 1.54) is 5.56 Å². The Hall–Kier alpha value is -1.93. The number of Topliss-reactive ketones (excluding diaryl/α,β-unsaturated/α-hetero) is 1. The van der Waals surface area contributed by atoms with Gasteiger partial charge in [0.25, 0.3) is 0 Å². The first kappa shape index (κ1) is 11.2. The Morgan fingerprint density at radius 2 is 1.67 bits per heavy atom. The second-order valence-corrected chi connectivity index (χ2v) is 4.56. The lowest BCUT2D eigenvalue weighted by molar-refractivity contribution is 0.0953. The van der Waals surface area contributed by atoms with E-state index < -0.39 is 0 Å². The third-order valence-corrected chi connectivity index (χ3v) is 3.30. The van der Waals surface area contributed by atoms with Crippen LogP contribution >= 0.6 is 0 Å². The maximum atomic E-state index is 12.2. The molecule has 1 saturated heterocycles. The summed E-state index contributed by atoms with van der Waals surface area (Å²) in [5.41, 5.74) is 3.01. The highest BCUT2D eigenvalue weighted by atomic mass is 16.6. The van der Waals surface area contributed by atoms with Gasteiger partial charge in [-0.05, 0) is 18.1 Å². The van der Waals surface area contributed by atoms with Gasteiger partial charge in [-0.15, -0.1) is 0 Å². The molecule has 0 bridgehead atoms. The molecule has 0 aromatic heterocycles. The summed E-state index contributed by atoms with van der Waals surface area (Å²) in [6, 6.07) is 17.4. The lowest BCUT2D eigenvalue weighted by atomic mass is 10.00. The molecule has 2 nitrogen and oxygen atoms in total. The molecule has 0 N–H and O–H groups in total. The third-order valence-electron chi connectivity index (χ3n) is 3.30. The smallest absolute Gasteiger partial charge is 0.194 e. The first-order chi connectivity index (χ1) is 8.77. The van der Waals surface area contributed by atoms with E-state index in [-0.39, 0.29) is 18.0 Å². The van der Waals surface area contributed by atoms with E-state index in [9.17, 15) is 4.79 Å². The van der Waals surface area contributed by atoms with Crippen molar-refractivity contribution in [2.75, 3.05) is 0 Å². The highest BCUT2D eigenvalue weighted by molar-refractivity contribution is 6.01. The molecule has 1 heterocycles. The molecule has 3 rings (SSSR count). The first-order valence-electron chi connectivity index (χ1n) is 6.07. The largest absolute Gasteiger partial charge is 0.356 e. The van der Waals surface area contributed by atoms with Gasteiger partial charge in [0.15, 0.2) is 11.9 Å². The number of hydrogen-bond acceptors (Lipinski definition) is 2. The molecule has 2 heteroatoms. The van der Waals surface area contributed by atoms with Gasteiger partial charge in [0, 0.05) is 5.56 Å². The van der Waals surface area contributed by atoms with Gasteiger partial charge in [-0.3, -0.25) is 4.79 Å². The van der Waals surface area contributed by atoms with Gasteiger partial charge in [0.05, 0.1) is 0 Å². The fraction of sp³-hybridized carbons (Fsp3) is 0.188. The van der Waals surface area contributed by atoms with Crippen LogP contribution in [0.3, 0.4) is 0 Å². The number of ketones is 1. The SMILES string of the molecule is Cc1ccccc1C1OC1C(=O)c1ccccc1. The summed E-state index contributed by atoms with van der Waals surface area (Å²) >= 11 is 0. The number of ether oxygens (including phenoxy) is 1. The second-order valence-electron chi connectivity index (χ2n) is 4.56. The van der Waals surface area contributed by atoms with Gasteiger partial charge in [0.1, 0.15) is 6.10 Å². The highest BCUT2D eigenvalue weighted by Crippen LogP contribution is 2.41. The molecular weight excluding hydrogens is 224 g/mol. The maximum absolute atomic E-state index is 12.2. The number of aryl methyl sites for hydroxylation is 1. The average molecular weight is 238 g/mol. The number of carbonyl (C=O) groups is 1. The zero-order valence-corrected chi connectivity index (χ0v) is 10.2. The van der Waals surface area contributed by atoms with Gasteiger partial charge in [0.2, 0.25) is 0 Å². The summed E-state index contributed by atoms with van der Waals surface area (Å²) in [6.45, 7) is 2.04. The molecule has 1 fully saturated rings. The molecule has 0 saturated carbocycles. The Kier molecular flexibility index (Phi) is 2.73. The lowest BCUT2D eigenvalue weighted by Gasteiger charge is -2.01. The number of benzene rings is 2. The summed E-state index contributed by atoms with van der Waals surface area (Å²) in [5.74, 6) is 0.0730. The standard InChI is InChI=1S/C16H14O2/c1-11-7-5-6-10-13(11)15-16(18-15)14(17)12-8-3-2-4-9-12/h2-10,15-16H,1H3. The van der Waals surface area contributed by atoms with E-state index >= 15 is 0 Å². The molecule has 0 aliphatic carbocycles. The van der Waals surface area contributed by atoms with Crippen molar-refractivity contribution in [3.8, 4) is 0 Å². The summed E-state index contributed by atoms with van der Waals surface area (Å²) in [4.78, 5) is 12.2. The number of epoxide rings is 1. The van der Waals surface area contributed by atoms with Gasteiger partial charge >= 0.3 is 0 Å². The minimum Gasteiger partial charge on any atom is -0.356 e. The molecule has 2 unspecified atom stereocenters. The normalized spacial score (nSPS) is 21.6. The third kappa shape index (κ3) is 1.95. The molecule has 1 aliphatic rings. The Bertz CT molecular complexity index is 575. The van der Waals surface area contributed by atoms with Crippen LogP contribution in [0, 0.1) is 6.92 Å². The molecular formula is C16H14O2. The van der Waals surface area contributed by atoms with Crippen molar-refractivity contribution < 1.29 is 9.53 Å². The van der Waals surface area contributed by atoms with Crippen molar-refractivity contribution in [2.24, 2.45) is 0 Å². The fourth-order valence-electron chi connectivity index (χ4n) is 2.22. The van der Waals surface area contributed by atoms with Crippen molar-refractivity contribution in [3.05, 3.63) is 71.3 Å². The van der Waals surface area contributed by atoms with Crippen LogP contribution in [-0.4, -0.2) is 11.9 Å². The van der Waals surface area contributed by atoms with Crippen molar-refractivity contribution in [1.82, 2.24) is 0 Å². The molecule has 0 radical (unpaired) electrons. The van der Waals surface area contributed by atoms with Crippen LogP contribution in [0.4, 0.5) is 0 Å². The van der Waals surface area contributed by atoms with E-state index in [0.717, 1.165) is 11.1 Å². The zero-order chi connectivity index (χ0) is 12.5. The Morgan fingerprint density at radius 3 is 2.39 bits per heavy atom. The Morgan fingerprint density at radius 1 is 1.00 bits per heavy atom. The maximum Gasteiger partial charge on any atom is 0.194 e. The van der Waals surface area contributed by atoms with Gasteiger partial charge in [-0.25, -0.2) is 0 Å². The number of carbonyl (C=O) groups excluding carboxylic acids is 1.